The van der Waals surface area contributed by atoms with Crippen molar-refractivity contribution in [1.82, 2.24) is 5.43 Å². The van der Waals surface area contributed by atoms with Gasteiger partial charge in [0.1, 0.15) is 5.75 Å². The molecule has 20 heavy (non-hydrogen) atoms. The molecule has 3 nitrogen and oxygen atoms in total. The van der Waals surface area contributed by atoms with Gasteiger partial charge in [-0.3, -0.25) is 11.3 Å². The Hall–Kier alpha value is -1.06. The van der Waals surface area contributed by atoms with Gasteiger partial charge in [-0.15, -0.1) is 0 Å². The number of benzene rings is 1. The van der Waals surface area contributed by atoms with Gasteiger partial charge >= 0.3 is 0 Å². The number of ether oxygens (including phenoxy) is 1. The monoisotopic (exact) mass is 276 g/mol. The fourth-order valence-electron chi connectivity index (χ4n) is 3.76. The van der Waals surface area contributed by atoms with Crippen molar-refractivity contribution >= 4 is 0 Å². The summed E-state index contributed by atoms with van der Waals surface area (Å²) in [5, 5.41) is 0. The van der Waals surface area contributed by atoms with Crippen LogP contribution in [-0.4, -0.2) is 7.11 Å². The van der Waals surface area contributed by atoms with Crippen molar-refractivity contribution in [2.24, 2.45) is 11.3 Å². The Morgan fingerprint density at radius 2 is 1.85 bits per heavy atom. The predicted molar refractivity (Wildman–Crippen MR) is 83.7 cm³/mol. The fraction of sp³-hybridized carbons (Fsp3) is 0.647. The first-order valence-corrected chi connectivity index (χ1v) is 7.63. The van der Waals surface area contributed by atoms with Crippen LogP contribution in [0.2, 0.25) is 0 Å². The Balaban J connectivity index is 2.46. The van der Waals surface area contributed by atoms with Crippen LogP contribution in [0.4, 0.5) is 0 Å². The van der Waals surface area contributed by atoms with E-state index >= 15 is 0 Å². The number of nitrogens with two attached hydrogens (primary N) is 1. The largest absolute Gasteiger partial charge is 0.496 e. The number of hydrogen-bond acceptors (Lipinski definition) is 3. The van der Waals surface area contributed by atoms with E-state index in [0.29, 0.717) is 0 Å². The zero-order valence-corrected chi connectivity index (χ0v) is 13.3. The highest BCUT2D eigenvalue weighted by Gasteiger charge is 2.38. The van der Waals surface area contributed by atoms with Crippen LogP contribution in [0, 0.1) is 19.3 Å². The minimum atomic E-state index is 0.151. The quantitative estimate of drug-likeness (QED) is 0.650. The lowest BCUT2D eigenvalue weighted by molar-refractivity contribution is 0.142. The highest BCUT2D eigenvalue weighted by Crippen LogP contribution is 2.48. The second kappa shape index (κ2) is 6.15. The molecular weight excluding hydrogens is 248 g/mol. The smallest absolute Gasteiger partial charge is 0.124 e. The standard InChI is InChI=1S/C17H28N2O/c1-12-10-13(2)15(14(11-12)20-4)16(19-18)17(3)8-6-5-7-9-17/h10-11,16,19H,5-9,18H2,1-4H3. The van der Waals surface area contributed by atoms with Crippen LogP contribution in [0.5, 0.6) is 5.75 Å². The summed E-state index contributed by atoms with van der Waals surface area (Å²) >= 11 is 0. The topological polar surface area (TPSA) is 47.3 Å². The predicted octanol–water partition coefficient (Wildman–Crippen LogP) is 3.79. The van der Waals surface area contributed by atoms with E-state index in [1.54, 1.807) is 7.11 Å². The van der Waals surface area contributed by atoms with Gasteiger partial charge in [0.2, 0.25) is 0 Å². The zero-order chi connectivity index (χ0) is 14.8. The Kier molecular flexibility index (Phi) is 4.71. The Morgan fingerprint density at radius 1 is 1.20 bits per heavy atom. The average molecular weight is 276 g/mol. The third-order valence-corrected chi connectivity index (χ3v) is 4.86. The van der Waals surface area contributed by atoms with Crippen molar-refractivity contribution in [2.45, 2.75) is 58.9 Å². The number of hydrazine groups is 1. The normalized spacial score (nSPS) is 19.6. The minimum absolute atomic E-state index is 0.151. The third kappa shape index (κ3) is 2.84. The first kappa shape index (κ1) is 15.3. The summed E-state index contributed by atoms with van der Waals surface area (Å²) in [5.41, 5.74) is 7.01. The molecule has 1 aliphatic rings. The van der Waals surface area contributed by atoms with Gasteiger partial charge in [0.25, 0.3) is 0 Å². The number of rotatable bonds is 4. The Morgan fingerprint density at radius 3 is 2.40 bits per heavy atom. The van der Waals surface area contributed by atoms with Gasteiger partial charge in [0, 0.05) is 5.56 Å². The number of nitrogens with one attached hydrogen (secondary N) is 1. The molecule has 1 fully saturated rings. The fourth-order valence-corrected chi connectivity index (χ4v) is 3.76. The molecule has 0 heterocycles. The second-order valence-electron chi connectivity index (χ2n) is 6.51. The molecule has 1 aromatic carbocycles. The molecular formula is C17H28N2O. The summed E-state index contributed by atoms with van der Waals surface area (Å²) in [6.07, 6.45) is 6.37. The molecule has 3 heteroatoms. The molecule has 0 spiro atoms. The maximum absolute atomic E-state index is 5.95. The van der Waals surface area contributed by atoms with Crippen molar-refractivity contribution in [3.05, 3.63) is 28.8 Å². The highest BCUT2D eigenvalue weighted by molar-refractivity contribution is 5.45. The first-order valence-electron chi connectivity index (χ1n) is 7.63. The van der Waals surface area contributed by atoms with Gasteiger partial charge < -0.3 is 4.74 Å². The van der Waals surface area contributed by atoms with E-state index in [9.17, 15) is 0 Å². The van der Waals surface area contributed by atoms with Crippen LogP contribution in [-0.2, 0) is 0 Å². The lowest BCUT2D eigenvalue weighted by atomic mass is 9.68. The molecule has 1 aromatic rings. The van der Waals surface area contributed by atoms with Crippen molar-refractivity contribution in [3.8, 4) is 5.75 Å². The van der Waals surface area contributed by atoms with Gasteiger partial charge in [-0.2, -0.15) is 0 Å². The maximum Gasteiger partial charge on any atom is 0.124 e. The van der Waals surface area contributed by atoms with Gasteiger partial charge in [-0.25, -0.2) is 0 Å². The van der Waals surface area contributed by atoms with Crippen LogP contribution in [0.3, 0.4) is 0 Å². The molecule has 3 N–H and O–H groups in total. The van der Waals surface area contributed by atoms with E-state index in [-0.39, 0.29) is 11.5 Å². The number of aryl methyl sites for hydroxylation is 2. The molecule has 0 aliphatic heterocycles. The van der Waals surface area contributed by atoms with Crippen LogP contribution in [0.25, 0.3) is 0 Å². The third-order valence-electron chi connectivity index (χ3n) is 4.86. The molecule has 0 bridgehead atoms. The second-order valence-corrected chi connectivity index (χ2v) is 6.51. The maximum atomic E-state index is 5.95. The molecule has 1 saturated carbocycles. The summed E-state index contributed by atoms with van der Waals surface area (Å²) in [7, 11) is 1.74. The Labute approximate surface area is 122 Å². The van der Waals surface area contributed by atoms with E-state index in [2.05, 4.69) is 38.3 Å². The highest BCUT2D eigenvalue weighted by atomic mass is 16.5. The van der Waals surface area contributed by atoms with Crippen molar-refractivity contribution < 1.29 is 4.74 Å². The van der Waals surface area contributed by atoms with Gasteiger partial charge in [-0.05, 0) is 49.3 Å². The summed E-state index contributed by atoms with van der Waals surface area (Å²) in [6.45, 7) is 6.61. The van der Waals surface area contributed by atoms with Crippen molar-refractivity contribution in [1.29, 1.82) is 0 Å². The van der Waals surface area contributed by atoms with E-state index in [1.807, 2.05) is 0 Å². The van der Waals surface area contributed by atoms with Crippen molar-refractivity contribution in [2.75, 3.05) is 7.11 Å². The van der Waals surface area contributed by atoms with Gasteiger partial charge in [-0.1, -0.05) is 32.3 Å². The van der Waals surface area contributed by atoms with E-state index in [0.717, 1.165) is 5.75 Å². The molecule has 1 unspecified atom stereocenters. The zero-order valence-electron chi connectivity index (χ0n) is 13.3. The van der Waals surface area contributed by atoms with E-state index in [4.69, 9.17) is 10.6 Å². The summed E-state index contributed by atoms with van der Waals surface area (Å²) in [4.78, 5) is 0. The van der Waals surface area contributed by atoms with Gasteiger partial charge in [0.15, 0.2) is 0 Å². The Bertz CT molecular complexity index is 464. The SMILES string of the molecule is COc1cc(C)cc(C)c1C(NN)C1(C)CCCCC1. The van der Waals surface area contributed by atoms with Gasteiger partial charge in [0.05, 0.1) is 13.2 Å². The average Bonchev–Trinajstić information content (AvgIpc) is 2.42. The van der Waals surface area contributed by atoms with Crippen LogP contribution >= 0.6 is 0 Å². The molecule has 2 rings (SSSR count). The summed E-state index contributed by atoms with van der Waals surface area (Å²) in [5.74, 6) is 6.90. The summed E-state index contributed by atoms with van der Waals surface area (Å²) in [6, 6.07) is 4.48. The van der Waals surface area contributed by atoms with Crippen LogP contribution < -0.4 is 16.0 Å². The van der Waals surface area contributed by atoms with Crippen molar-refractivity contribution in [3.63, 3.8) is 0 Å². The molecule has 0 aromatic heterocycles. The number of methoxy groups -OCH3 is 1. The molecule has 0 radical (unpaired) electrons. The van der Waals surface area contributed by atoms with E-state index in [1.165, 1.54) is 48.8 Å². The van der Waals surface area contributed by atoms with Crippen LogP contribution in [0.1, 0.15) is 61.8 Å². The van der Waals surface area contributed by atoms with Crippen LogP contribution in [0.15, 0.2) is 12.1 Å². The molecule has 112 valence electrons. The molecule has 1 aliphatic carbocycles. The first-order chi connectivity index (χ1) is 9.51. The lowest BCUT2D eigenvalue weighted by Gasteiger charge is -2.41. The van der Waals surface area contributed by atoms with E-state index < -0.39 is 0 Å². The number of hydrogen-bond donors (Lipinski definition) is 2. The minimum Gasteiger partial charge on any atom is -0.496 e. The molecule has 0 saturated heterocycles. The molecule has 0 amide bonds. The lowest BCUT2D eigenvalue weighted by Crippen LogP contribution is -2.41. The molecule has 1 atom stereocenters. The summed E-state index contributed by atoms with van der Waals surface area (Å²) < 4.78 is 5.63.